The van der Waals surface area contributed by atoms with Crippen molar-refractivity contribution < 1.29 is 4.79 Å². The number of hydrogen-bond acceptors (Lipinski definition) is 1. The van der Waals surface area contributed by atoms with Crippen molar-refractivity contribution in [3.8, 4) is 0 Å². The van der Waals surface area contributed by atoms with Crippen LogP contribution in [-0.4, -0.2) is 10.9 Å². The molecule has 0 radical (unpaired) electrons. The van der Waals surface area contributed by atoms with Gasteiger partial charge < -0.3 is 10.3 Å². The Bertz CT molecular complexity index is 772. The third-order valence-corrected chi connectivity index (χ3v) is 3.62. The van der Waals surface area contributed by atoms with Crippen molar-refractivity contribution in [2.45, 2.75) is 13.8 Å². The van der Waals surface area contributed by atoms with Gasteiger partial charge in [-0.2, -0.15) is 0 Å². The molecule has 1 heterocycles. The number of hydrogen-bond donors (Lipinski definition) is 2. The molecule has 0 fully saturated rings. The molecule has 1 amide bonds. The smallest absolute Gasteiger partial charge is 0.257 e. The van der Waals surface area contributed by atoms with Crippen molar-refractivity contribution in [1.82, 2.24) is 4.98 Å². The second-order valence-corrected chi connectivity index (χ2v) is 4.92. The molecule has 0 aliphatic rings. The quantitative estimate of drug-likeness (QED) is 0.721. The lowest BCUT2D eigenvalue weighted by Gasteiger charge is -2.06. The Balaban J connectivity index is 2.02. The predicted octanol–water partition coefficient (Wildman–Crippen LogP) is 4.04. The van der Waals surface area contributed by atoms with Crippen molar-refractivity contribution in [2.24, 2.45) is 0 Å². The van der Waals surface area contributed by atoms with Crippen molar-refractivity contribution in [3.05, 3.63) is 65.4 Å². The number of aromatic nitrogens is 1. The summed E-state index contributed by atoms with van der Waals surface area (Å²) < 4.78 is 0. The molecule has 0 bridgehead atoms. The number of anilines is 1. The highest BCUT2D eigenvalue weighted by Crippen LogP contribution is 2.24. The Labute approximate surface area is 117 Å². The van der Waals surface area contributed by atoms with Crippen LogP contribution in [0.25, 0.3) is 10.9 Å². The maximum Gasteiger partial charge on any atom is 0.257 e. The number of H-pyrrole nitrogens is 1. The molecule has 20 heavy (non-hydrogen) atoms. The number of nitrogens with one attached hydrogen (secondary N) is 2. The van der Waals surface area contributed by atoms with Crippen LogP contribution in [0, 0.1) is 13.8 Å². The van der Waals surface area contributed by atoms with Crippen molar-refractivity contribution >= 4 is 22.5 Å². The molecule has 3 heteroatoms. The molecule has 0 atom stereocenters. The molecule has 3 rings (SSSR count). The van der Waals surface area contributed by atoms with Gasteiger partial charge in [0.15, 0.2) is 0 Å². The van der Waals surface area contributed by atoms with E-state index in [-0.39, 0.29) is 5.91 Å². The van der Waals surface area contributed by atoms with Crippen LogP contribution in [0.3, 0.4) is 0 Å². The Hall–Kier alpha value is -2.55. The highest BCUT2D eigenvalue weighted by atomic mass is 16.1. The summed E-state index contributed by atoms with van der Waals surface area (Å²) in [7, 11) is 0. The number of rotatable bonds is 2. The van der Waals surface area contributed by atoms with E-state index in [1.165, 1.54) is 5.56 Å². The van der Waals surface area contributed by atoms with Crippen molar-refractivity contribution in [3.63, 3.8) is 0 Å². The van der Waals surface area contributed by atoms with Crippen LogP contribution in [0.5, 0.6) is 0 Å². The fourth-order valence-electron chi connectivity index (χ4n) is 2.39. The lowest BCUT2D eigenvalue weighted by atomic mass is 10.1. The normalized spacial score (nSPS) is 10.7. The number of carbonyl (C=O) groups excluding carboxylic acids is 1. The Morgan fingerprint density at radius 1 is 1.00 bits per heavy atom. The fraction of sp³-hybridized carbons (Fsp3) is 0.118. The minimum absolute atomic E-state index is 0.0944. The van der Waals surface area contributed by atoms with E-state index in [2.05, 4.69) is 17.2 Å². The van der Waals surface area contributed by atoms with E-state index in [1.54, 1.807) is 0 Å². The average molecular weight is 264 g/mol. The molecule has 0 saturated carbocycles. The van der Waals surface area contributed by atoms with Gasteiger partial charge in [-0.05, 0) is 37.6 Å². The van der Waals surface area contributed by atoms with E-state index in [0.717, 1.165) is 22.3 Å². The van der Waals surface area contributed by atoms with Gasteiger partial charge in [-0.25, -0.2) is 0 Å². The number of aromatic amines is 1. The van der Waals surface area contributed by atoms with Gasteiger partial charge in [0.25, 0.3) is 5.91 Å². The molecule has 100 valence electrons. The molecule has 2 N–H and O–H groups in total. The third kappa shape index (κ3) is 2.07. The molecule has 0 aliphatic carbocycles. The largest absolute Gasteiger partial charge is 0.358 e. The molecule has 1 aromatic heterocycles. The summed E-state index contributed by atoms with van der Waals surface area (Å²) in [5.41, 5.74) is 4.65. The van der Waals surface area contributed by atoms with Crippen LogP contribution in [-0.2, 0) is 0 Å². The highest BCUT2D eigenvalue weighted by Gasteiger charge is 2.13. The summed E-state index contributed by atoms with van der Waals surface area (Å²) >= 11 is 0. The summed E-state index contributed by atoms with van der Waals surface area (Å²) in [6.45, 7) is 4.08. The number of amides is 1. The van der Waals surface area contributed by atoms with Gasteiger partial charge in [0.2, 0.25) is 0 Å². The minimum Gasteiger partial charge on any atom is -0.358 e. The van der Waals surface area contributed by atoms with Gasteiger partial charge in [-0.1, -0.05) is 30.3 Å². The first-order valence-electron chi connectivity index (χ1n) is 6.61. The molecular weight excluding hydrogens is 248 g/mol. The number of aryl methyl sites for hydroxylation is 2. The summed E-state index contributed by atoms with van der Waals surface area (Å²) in [6, 6.07) is 15.3. The molecule has 0 unspecified atom stereocenters. The van der Waals surface area contributed by atoms with Crippen LogP contribution in [0.1, 0.15) is 21.6 Å². The van der Waals surface area contributed by atoms with Gasteiger partial charge >= 0.3 is 0 Å². The second-order valence-electron chi connectivity index (χ2n) is 4.92. The second kappa shape index (κ2) is 4.85. The van der Waals surface area contributed by atoms with Gasteiger partial charge in [0.05, 0.1) is 11.1 Å². The highest BCUT2D eigenvalue weighted by molar-refractivity contribution is 6.12. The van der Waals surface area contributed by atoms with E-state index >= 15 is 0 Å². The first-order chi connectivity index (χ1) is 9.66. The van der Waals surface area contributed by atoms with Crippen LogP contribution in [0.4, 0.5) is 5.69 Å². The number of para-hydroxylation sites is 2. The predicted molar refractivity (Wildman–Crippen MR) is 82.2 cm³/mol. The Morgan fingerprint density at radius 2 is 1.75 bits per heavy atom. The summed E-state index contributed by atoms with van der Waals surface area (Å²) in [5.74, 6) is -0.0944. The van der Waals surface area contributed by atoms with E-state index in [0.29, 0.717) is 5.56 Å². The topological polar surface area (TPSA) is 44.9 Å². The SMILES string of the molecule is Cc1[nH]c2c(C(=O)Nc3ccccc3)cccc2c1C. The van der Waals surface area contributed by atoms with Crippen molar-refractivity contribution in [1.29, 1.82) is 0 Å². The lowest BCUT2D eigenvalue weighted by molar-refractivity contribution is 0.102. The molecule has 0 saturated heterocycles. The molecule has 2 aromatic carbocycles. The van der Waals surface area contributed by atoms with Crippen LogP contribution in [0.2, 0.25) is 0 Å². The van der Waals surface area contributed by atoms with E-state index in [9.17, 15) is 4.79 Å². The van der Waals surface area contributed by atoms with E-state index < -0.39 is 0 Å². The van der Waals surface area contributed by atoms with Crippen molar-refractivity contribution in [2.75, 3.05) is 5.32 Å². The first kappa shape index (κ1) is 12.5. The van der Waals surface area contributed by atoms with E-state index in [4.69, 9.17) is 0 Å². The number of carbonyl (C=O) groups is 1. The Kier molecular flexibility index (Phi) is 3.03. The third-order valence-electron chi connectivity index (χ3n) is 3.62. The number of fused-ring (bicyclic) bond motifs is 1. The van der Waals surface area contributed by atoms with Gasteiger partial charge in [-0.3, -0.25) is 4.79 Å². The van der Waals surface area contributed by atoms with Gasteiger partial charge in [-0.15, -0.1) is 0 Å². The van der Waals surface area contributed by atoms with Gasteiger partial charge in [0.1, 0.15) is 0 Å². The zero-order chi connectivity index (χ0) is 14.1. The molecule has 3 aromatic rings. The van der Waals surface area contributed by atoms with Crippen LogP contribution >= 0.6 is 0 Å². The zero-order valence-electron chi connectivity index (χ0n) is 11.5. The summed E-state index contributed by atoms with van der Waals surface area (Å²) in [4.78, 5) is 15.7. The van der Waals surface area contributed by atoms with E-state index in [1.807, 2.05) is 55.5 Å². The maximum atomic E-state index is 12.4. The fourth-order valence-corrected chi connectivity index (χ4v) is 2.39. The molecule has 3 nitrogen and oxygen atoms in total. The molecule has 0 aliphatic heterocycles. The van der Waals surface area contributed by atoms with Gasteiger partial charge in [0, 0.05) is 16.8 Å². The standard InChI is InChI=1S/C17H16N2O/c1-11-12(2)18-16-14(11)9-6-10-15(16)17(20)19-13-7-4-3-5-8-13/h3-10,18H,1-2H3,(H,19,20). The first-order valence-corrected chi connectivity index (χ1v) is 6.61. The maximum absolute atomic E-state index is 12.4. The number of benzene rings is 2. The van der Waals surface area contributed by atoms with Crippen LogP contribution < -0.4 is 5.32 Å². The van der Waals surface area contributed by atoms with Crippen LogP contribution in [0.15, 0.2) is 48.5 Å². The summed E-state index contributed by atoms with van der Waals surface area (Å²) in [5, 5.41) is 4.02. The Morgan fingerprint density at radius 3 is 2.50 bits per heavy atom. The average Bonchev–Trinajstić information content (AvgIpc) is 2.75. The molecular formula is C17H16N2O. The summed E-state index contributed by atoms with van der Waals surface area (Å²) in [6.07, 6.45) is 0. The molecule has 0 spiro atoms. The lowest BCUT2D eigenvalue weighted by Crippen LogP contribution is -2.12. The monoisotopic (exact) mass is 264 g/mol. The minimum atomic E-state index is -0.0944. The zero-order valence-corrected chi connectivity index (χ0v) is 11.5.